The largest absolute Gasteiger partial charge is 0.312 e. The Morgan fingerprint density at radius 3 is 3.00 bits per heavy atom. The topological polar surface area (TPSA) is 24.9 Å². The van der Waals surface area contributed by atoms with Crippen LogP contribution in [-0.4, -0.2) is 11.5 Å². The predicted molar refractivity (Wildman–Crippen MR) is 53.5 cm³/mol. The second-order valence-corrected chi connectivity index (χ2v) is 4.20. The number of hydrogen-bond donors (Lipinski definition) is 1. The second kappa shape index (κ2) is 5.27. The van der Waals surface area contributed by atoms with Crippen molar-refractivity contribution < 1.29 is 0 Å². The molecule has 12 heavy (non-hydrogen) atoms. The highest BCUT2D eigenvalue weighted by atomic mass is 32.1. The summed E-state index contributed by atoms with van der Waals surface area (Å²) in [6, 6.07) is 0. The number of hydrogen-bond acceptors (Lipinski definition) is 3. The van der Waals surface area contributed by atoms with Crippen molar-refractivity contribution in [2.45, 2.75) is 33.2 Å². The van der Waals surface area contributed by atoms with E-state index in [9.17, 15) is 0 Å². The van der Waals surface area contributed by atoms with Crippen molar-refractivity contribution in [3.8, 4) is 0 Å². The molecule has 1 rings (SSSR count). The standard InChI is InChI=1S/C9H16N2S/c1-3-4-5-10-6-9-7-11-8(2)12-9/h7,10H,3-6H2,1-2H3. The Morgan fingerprint density at radius 2 is 2.42 bits per heavy atom. The number of aromatic nitrogens is 1. The lowest BCUT2D eigenvalue weighted by Gasteiger charge is -1.99. The summed E-state index contributed by atoms with van der Waals surface area (Å²) in [7, 11) is 0. The third-order valence-electron chi connectivity index (χ3n) is 1.68. The van der Waals surface area contributed by atoms with E-state index in [0.29, 0.717) is 0 Å². The molecule has 0 atom stereocenters. The van der Waals surface area contributed by atoms with Gasteiger partial charge in [-0.15, -0.1) is 11.3 Å². The predicted octanol–water partition coefficient (Wildman–Crippen LogP) is 2.34. The first-order chi connectivity index (χ1) is 5.83. The molecule has 1 N–H and O–H groups in total. The summed E-state index contributed by atoms with van der Waals surface area (Å²) < 4.78 is 0. The molecule has 2 nitrogen and oxygen atoms in total. The molecule has 68 valence electrons. The Kier molecular flexibility index (Phi) is 4.25. The summed E-state index contributed by atoms with van der Waals surface area (Å²) >= 11 is 1.77. The van der Waals surface area contributed by atoms with Gasteiger partial charge < -0.3 is 5.32 Å². The Labute approximate surface area is 78.0 Å². The molecule has 0 saturated carbocycles. The van der Waals surface area contributed by atoms with E-state index in [1.54, 1.807) is 11.3 Å². The normalized spacial score (nSPS) is 10.5. The highest BCUT2D eigenvalue weighted by Crippen LogP contribution is 2.10. The van der Waals surface area contributed by atoms with E-state index < -0.39 is 0 Å². The van der Waals surface area contributed by atoms with Crippen LogP contribution in [0.3, 0.4) is 0 Å². The van der Waals surface area contributed by atoms with Crippen LogP contribution < -0.4 is 5.32 Å². The Hall–Kier alpha value is -0.410. The first-order valence-corrected chi connectivity index (χ1v) is 5.26. The molecule has 0 fully saturated rings. The lowest BCUT2D eigenvalue weighted by atomic mass is 10.3. The van der Waals surface area contributed by atoms with Crippen LogP contribution in [0.15, 0.2) is 6.20 Å². The van der Waals surface area contributed by atoms with Crippen LogP contribution >= 0.6 is 11.3 Å². The van der Waals surface area contributed by atoms with Gasteiger partial charge in [0.25, 0.3) is 0 Å². The van der Waals surface area contributed by atoms with Gasteiger partial charge in [-0.2, -0.15) is 0 Å². The Balaban J connectivity index is 2.15. The van der Waals surface area contributed by atoms with Crippen LogP contribution in [0.25, 0.3) is 0 Å². The van der Waals surface area contributed by atoms with E-state index in [1.807, 2.05) is 13.1 Å². The summed E-state index contributed by atoms with van der Waals surface area (Å²) in [5.74, 6) is 0. The number of aryl methyl sites for hydroxylation is 1. The summed E-state index contributed by atoms with van der Waals surface area (Å²) in [5, 5.41) is 4.54. The molecule has 0 amide bonds. The Bertz CT molecular complexity index is 220. The van der Waals surface area contributed by atoms with Crippen LogP contribution in [-0.2, 0) is 6.54 Å². The average Bonchev–Trinajstić information content (AvgIpc) is 2.45. The van der Waals surface area contributed by atoms with E-state index >= 15 is 0 Å². The third-order valence-corrected chi connectivity index (χ3v) is 2.59. The smallest absolute Gasteiger partial charge is 0.0897 e. The monoisotopic (exact) mass is 184 g/mol. The molecule has 0 spiro atoms. The summed E-state index contributed by atoms with van der Waals surface area (Å²) in [6.07, 6.45) is 4.48. The van der Waals surface area contributed by atoms with Gasteiger partial charge >= 0.3 is 0 Å². The van der Waals surface area contributed by atoms with Gasteiger partial charge in [0, 0.05) is 17.6 Å². The fourth-order valence-corrected chi connectivity index (χ4v) is 1.76. The minimum Gasteiger partial charge on any atom is -0.312 e. The minimum atomic E-state index is 0.978. The molecule has 1 aromatic rings. The van der Waals surface area contributed by atoms with Gasteiger partial charge in [0.2, 0.25) is 0 Å². The molecule has 0 unspecified atom stereocenters. The Morgan fingerprint density at radius 1 is 1.58 bits per heavy atom. The summed E-state index contributed by atoms with van der Waals surface area (Å²) in [5.41, 5.74) is 0. The molecule has 0 aliphatic rings. The number of nitrogens with zero attached hydrogens (tertiary/aromatic N) is 1. The zero-order chi connectivity index (χ0) is 8.81. The van der Waals surface area contributed by atoms with Crippen LogP contribution in [0, 0.1) is 6.92 Å². The maximum Gasteiger partial charge on any atom is 0.0897 e. The van der Waals surface area contributed by atoms with E-state index in [0.717, 1.165) is 18.1 Å². The van der Waals surface area contributed by atoms with Gasteiger partial charge in [-0.3, -0.25) is 0 Å². The zero-order valence-corrected chi connectivity index (χ0v) is 8.58. The first-order valence-electron chi connectivity index (χ1n) is 4.45. The zero-order valence-electron chi connectivity index (χ0n) is 7.76. The molecule has 0 aromatic carbocycles. The number of rotatable bonds is 5. The van der Waals surface area contributed by atoms with Crippen molar-refractivity contribution in [1.82, 2.24) is 10.3 Å². The quantitative estimate of drug-likeness (QED) is 0.710. The number of thiazole rings is 1. The van der Waals surface area contributed by atoms with Crippen molar-refractivity contribution in [2.75, 3.05) is 6.54 Å². The van der Waals surface area contributed by atoms with Gasteiger partial charge in [-0.25, -0.2) is 4.98 Å². The highest BCUT2D eigenvalue weighted by molar-refractivity contribution is 7.11. The molecule has 0 bridgehead atoms. The molecule has 1 heterocycles. The fraction of sp³-hybridized carbons (Fsp3) is 0.667. The lowest BCUT2D eigenvalue weighted by Crippen LogP contribution is -2.13. The van der Waals surface area contributed by atoms with Crippen molar-refractivity contribution >= 4 is 11.3 Å². The molecule has 0 aliphatic heterocycles. The average molecular weight is 184 g/mol. The van der Waals surface area contributed by atoms with Gasteiger partial charge in [-0.05, 0) is 19.9 Å². The maximum atomic E-state index is 4.19. The number of unbranched alkanes of at least 4 members (excludes halogenated alkanes) is 1. The molecule has 0 radical (unpaired) electrons. The van der Waals surface area contributed by atoms with E-state index in [-0.39, 0.29) is 0 Å². The minimum absolute atomic E-state index is 0.978. The second-order valence-electron chi connectivity index (χ2n) is 2.88. The molecular formula is C9H16N2S. The molecule has 0 aliphatic carbocycles. The van der Waals surface area contributed by atoms with Crippen LogP contribution in [0.4, 0.5) is 0 Å². The van der Waals surface area contributed by atoms with E-state index in [2.05, 4.69) is 17.2 Å². The van der Waals surface area contributed by atoms with Crippen LogP contribution in [0.5, 0.6) is 0 Å². The van der Waals surface area contributed by atoms with E-state index in [4.69, 9.17) is 0 Å². The van der Waals surface area contributed by atoms with Crippen LogP contribution in [0.2, 0.25) is 0 Å². The van der Waals surface area contributed by atoms with Crippen molar-refractivity contribution in [3.63, 3.8) is 0 Å². The maximum absolute atomic E-state index is 4.19. The van der Waals surface area contributed by atoms with Crippen molar-refractivity contribution in [2.24, 2.45) is 0 Å². The lowest BCUT2D eigenvalue weighted by molar-refractivity contribution is 0.645. The summed E-state index contributed by atoms with van der Waals surface area (Å²) in [4.78, 5) is 5.53. The van der Waals surface area contributed by atoms with Gasteiger partial charge in [0.15, 0.2) is 0 Å². The van der Waals surface area contributed by atoms with Crippen molar-refractivity contribution in [3.05, 3.63) is 16.1 Å². The van der Waals surface area contributed by atoms with Crippen molar-refractivity contribution in [1.29, 1.82) is 0 Å². The van der Waals surface area contributed by atoms with Gasteiger partial charge in [-0.1, -0.05) is 13.3 Å². The molecule has 1 aromatic heterocycles. The molecule has 0 saturated heterocycles. The molecule has 3 heteroatoms. The number of nitrogens with one attached hydrogen (secondary N) is 1. The first kappa shape index (κ1) is 9.68. The van der Waals surface area contributed by atoms with Gasteiger partial charge in [0.05, 0.1) is 5.01 Å². The molecular weight excluding hydrogens is 168 g/mol. The fourth-order valence-electron chi connectivity index (χ4n) is 1.00. The van der Waals surface area contributed by atoms with E-state index in [1.165, 1.54) is 17.7 Å². The highest BCUT2D eigenvalue weighted by Gasteiger charge is 1.95. The van der Waals surface area contributed by atoms with Gasteiger partial charge in [0.1, 0.15) is 0 Å². The SMILES string of the molecule is CCCCNCc1cnc(C)s1. The van der Waals surface area contributed by atoms with Crippen LogP contribution in [0.1, 0.15) is 29.7 Å². The third kappa shape index (κ3) is 3.32. The summed E-state index contributed by atoms with van der Waals surface area (Å²) in [6.45, 7) is 6.34.